The number of hydrogen-bond acceptors (Lipinski definition) is 2. The molecule has 106 valence electrons. The number of aliphatic carboxylic acids is 2. The monoisotopic (exact) mass is 258 g/mol. The molecule has 0 amide bonds. The van der Waals surface area contributed by atoms with Crippen molar-refractivity contribution >= 4 is 11.9 Å². The smallest absolute Gasteiger partial charge is 0.309 e. The molecule has 4 nitrogen and oxygen atoms in total. The molecule has 0 aromatic heterocycles. The van der Waals surface area contributed by atoms with Crippen LogP contribution in [0.4, 0.5) is 0 Å². The summed E-state index contributed by atoms with van der Waals surface area (Å²) in [4.78, 5) is 21.8. The molecule has 18 heavy (non-hydrogen) atoms. The van der Waals surface area contributed by atoms with Gasteiger partial charge in [-0.3, -0.25) is 9.59 Å². The highest BCUT2D eigenvalue weighted by molar-refractivity contribution is 5.80. The Morgan fingerprint density at radius 3 is 1.89 bits per heavy atom. The van der Waals surface area contributed by atoms with Gasteiger partial charge < -0.3 is 10.2 Å². The van der Waals surface area contributed by atoms with E-state index in [-0.39, 0.29) is 6.42 Å². The quantitative estimate of drug-likeness (QED) is 0.554. The lowest BCUT2D eigenvalue weighted by molar-refractivity contribution is -0.155. The fourth-order valence-electron chi connectivity index (χ4n) is 2.08. The molecule has 0 aliphatic carbocycles. The summed E-state index contributed by atoms with van der Waals surface area (Å²) in [5.41, 5.74) is -1.12. The summed E-state index contributed by atoms with van der Waals surface area (Å²) in [7, 11) is 0. The Balaban J connectivity index is 3.84. The summed E-state index contributed by atoms with van der Waals surface area (Å²) >= 11 is 0. The zero-order chi connectivity index (χ0) is 14.0. The molecule has 0 radical (unpaired) electrons. The Hall–Kier alpha value is -1.06. The van der Waals surface area contributed by atoms with Gasteiger partial charge in [0, 0.05) is 0 Å². The molecule has 2 N–H and O–H groups in total. The normalized spacial score (nSPS) is 14.1. The molecule has 0 fully saturated rings. The Morgan fingerprint density at radius 1 is 0.944 bits per heavy atom. The molecule has 0 heterocycles. The van der Waals surface area contributed by atoms with Crippen LogP contribution in [0.2, 0.25) is 0 Å². The lowest BCUT2D eigenvalue weighted by Gasteiger charge is -2.22. The highest BCUT2D eigenvalue weighted by atomic mass is 16.4. The van der Waals surface area contributed by atoms with Crippen LogP contribution in [-0.2, 0) is 9.59 Å². The number of carbonyl (C=O) groups is 2. The van der Waals surface area contributed by atoms with Crippen molar-refractivity contribution in [2.75, 3.05) is 0 Å². The summed E-state index contributed by atoms with van der Waals surface area (Å²) in [6, 6.07) is 0. The standard InChI is InChI=1S/C14H26O4/c1-3-4-5-6-7-8-9-10-14(2,13(17)18)11-12(15)16/h3-11H2,1-2H3,(H,15,16)(H,17,18). The van der Waals surface area contributed by atoms with Crippen LogP contribution in [-0.4, -0.2) is 22.2 Å². The summed E-state index contributed by atoms with van der Waals surface area (Å²) in [6.07, 6.45) is 7.96. The van der Waals surface area contributed by atoms with Gasteiger partial charge in [-0.2, -0.15) is 0 Å². The Labute approximate surface area is 109 Å². The van der Waals surface area contributed by atoms with Crippen molar-refractivity contribution in [3.05, 3.63) is 0 Å². The molecule has 1 atom stereocenters. The molecular formula is C14H26O4. The van der Waals surface area contributed by atoms with E-state index in [4.69, 9.17) is 10.2 Å². The Kier molecular flexibility index (Phi) is 8.42. The van der Waals surface area contributed by atoms with Crippen LogP contribution >= 0.6 is 0 Å². The lowest BCUT2D eigenvalue weighted by atomic mass is 9.81. The van der Waals surface area contributed by atoms with Crippen molar-refractivity contribution in [3.8, 4) is 0 Å². The van der Waals surface area contributed by atoms with E-state index in [2.05, 4.69) is 6.92 Å². The van der Waals surface area contributed by atoms with Gasteiger partial charge in [0.15, 0.2) is 0 Å². The van der Waals surface area contributed by atoms with Crippen molar-refractivity contribution in [1.82, 2.24) is 0 Å². The van der Waals surface area contributed by atoms with E-state index < -0.39 is 17.4 Å². The highest BCUT2D eigenvalue weighted by Crippen LogP contribution is 2.29. The molecule has 0 bridgehead atoms. The van der Waals surface area contributed by atoms with Crippen molar-refractivity contribution in [2.45, 2.75) is 71.6 Å². The summed E-state index contributed by atoms with van der Waals surface area (Å²) in [5.74, 6) is -2.04. The fourth-order valence-corrected chi connectivity index (χ4v) is 2.08. The second kappa shape index (κ2) is 8.95. The van der Waals surface area contributed by atoms with E-state index >= 15 is 0 Å². The Morgan fingerprint density at radius 2 is 1.44 bits per heavy atom. The first-order valence-electron chi connectivity index (χ1n) is 6.87. The predicted molar refractivity (Wildman–Crippen MR) is 70.6 cm³/mol. The fraction of sp³-hybridized carbons (Fsp3) is 0.857. The van der Waals surface area contributed by atoms with Gasteiger partial charge in [0.1, 0.15) is 0 Å². The van der Waals surface area contributed by atoms with E-state index in [0.29, 0.717) is 6.42 Å². The number of carboxylic acids is 2. The van der Waals surface area contributed by atoms with Crippen molar-refractivity contribution in [3.63, 3.8) is 0 Å². The van der Waals surface area contributed by atoms with E-state index in [1.54, 1.807) is 0 Å². The van der Waals surface area contributed by atoms with Gasteiger partial charge in [-0.1, -0.05) is 51.9 Å². The highest BCUT2D eigenvalue weighted by Gasteiger charge is 2.34. The number of hydrogen-bond donors (Lipinski definition) is 2. The maximum absolute atomic E-state index is 11.1. The first kappa shape index (κ1) is 16.9. The largest absolute Gasteiger partial charge is 0.481 e. The van der Waals surface area contributed by atoms with Crippen LogP contribution in [0.1, 0.15) is 71.6 Å². The van der Waals surface area contributed by atoms with Gasteiger partial charge in [0.2, 0.25) is 0 Å². The number of unbranched alkanes of at least 4 members (excludes halogenated alkanes) is 6. The van der Waals surface area contributed by atoms with E-state index in [9.17, 15) is 9.59 Å². The average Bonchev–Trinajstić information content (AvgIpc) is 2.26. The third-order valence-corrected chi connectivity index (χ3v) is 3.39. The third kappa shape index (κ3) is 7.30. The number of rotatable bonds is 11. The lowest BCUT2D eigenvalue weighted by Crippen LogP contribution is -2.30. The van der Waals surface area contributed by atoms with Gasteiger partial charge in [-0.05, 0) is 13.3 Å². The molecule has 0 spiro atoms. The van der Waals surface area contributed by atoms with Gasteiger partial charge in [0.05, 0.1) is 11.8 Å². The summed E-state index contributed by atoms with van der Waals surface area (Å²) in [5, 5.41) is 17.8. The molecule has 0 aromatic carbocycles. The minimum atomic E-state index is -1.12. The van der Waals surface area contributed by atoms with Gasteiger partial charge in [-0.25, -0.2) is 0 Å². The van der Waals surface area contributed by atoms with Gasteiger partial charge in [0.25, 0.3) is 0 Å². The summed E-state index contributed by atoms with van der Waals surface area (Å²) < 4.78 is 0. The molecule has 1 unspecified atom stereocenters. The van der Waals surface area contributed by atoms with Crippen LogP contribution in [0.15, 0.2) is 0 Å². The first-order chi connectivity index (χ1) is 8.42. The van der Waals surface area contributed by atoms with E-state index in [1.807, 2.05) is 0 Å². The second-order valence-corrected chi connectivity index (χ2v) is 5.31. The second-order valence-electron chi connectivity index (χ2n) is 5.31. The maximum atomic E-state index is 11.1. The molecular weight excluding hydrogens is 232 g/mol. The van der Waals surface area contributed by atoms with Gasteiger partial charge >= 0.3 is 11.9 Å². The third-order valence-electron chi connectivity index (χ3n) is 3.39. The topological polar surface area (TPSA) is 74.6 Å². The van der Waals surface area contributed by atoms with Crippen LogP contribution in [0.25, 0.3) is 0 Å². The Bertz CT molecular complexity index is 263. The van der Waals surface area contributed by atoms with Crippen molar-refractivity contribution in [1.29, 1.82) is 0 Å². The molecule has 0 rings (SSSR count). The van der Waals surface area contributed by atoms with E-state index in [0.717, 1.165) is 19.3 Å². The van der Waals surface area contributed by atoms with Crippen LogP contribution in [0.5, 0.6) is 0 Å². The molecule has 0 saturated carbocycles. The zero-order valence-electron chi connectivity index (χ0n) is 11.6. The van der Waals surface area contributed by atoms with Crippen LogP contribution in [0, 0.1) is 5.41 Å². The van der Waals surface area contributed by atoms with Crippen molar-refractivity contribution in [2.24, 2.45) is 5.41 Å². The molecule has 0 aliphatic rings. The number of carboxylic acid groups (broad SMARTS) is 2. The minimum absolute atomic E-state index is 0.293. The molecule has 0 saturated heterocycles. The predicted octanol–water partition coefficient (Wildman–Crippen LogP) is 3.69. The average molecular weight is 258 g/mol. The molecule has 4 heteroatoms. The molecule has 0 aliphatic heterocycles. The maximum Gasteiger partial charge on any atom is 0.309 e. The first-order valence-corrected chi connectivity index (χ1v) is 6.87. The van der Waals surface area contributed by atoms with Gasteiger partial charge in [-0.15, -0.1) is 0 Å². The van der Waals surface area contributed by atoms with Crippen molar-refractivity contribution < 1.29 is 19.8 Å². The zero-order valence-corrected chi connectivity index (χ0v) is 11.6. The summed E-state index contributed by atoms with van der Waals surface area (Å²) in [6.45, 7) is 3.70. The SMILES string of the molecule is CCCCCCCCCC(C)(CC(=O)O)C(=O)O. The van der Waals surface area contributed by atoms with Crippen LogP contribution in [0.3, 0.4) is 0 Å². The minimum Gasteiger partial charge on any atom is -0.481 e. The van der Waals surface area contributed by atoms with E-state index in [1.165, 1.54) is 32.6 Å². The molecule has 0 aromatic rings. The van der Waals surface area contributed by atoms with Crippen LogP contribution < -0.4 is 0 Å².